The Balaban J connectivity index is 1.79. The van der Waals surface area contributed by atoms with Crippen molar-refractivity contribution in [3.8, 4) is 0 Å². The number of hydrogen-bond donors (Lipinski definition) is 1. The van der Waals surface area contributed by atoms with E-state index in [9.17, 15) is 12.8 Å². The van der Waals surface area contributed by atoms with Gasteiger partial charge in [-0.25, -0.2) is 12.8 Å². The van der Waals surface area contributed by atoms with Crippen molar-refractivity contribution in [1.82, 2.24) is 0 Å². The van der Waals surface area contributed by atoms with Gasteiger partial charge in [-0.1, -0.05) is 23.7 Å². The number of anilines is 1. The molecule has 0 saturated heterocycles. The van der Waals surface area contributed by atoms with E-state index in [1.54, 1.807) is 12.1 Å². The zero-order valence-electron chi connectivity index (χ0n) is 11.1. The van der Waals surface area contributed by atoms with Crippen LogP contribution in [0, 0.1) is 5.82 Å². The maximum Gasteiger partial charge on any atom is 0.179 e. The van der Waals surface area contributed by atoms with Crippen LogP contribution in [0.1, 0.15) is 11.1 Å². The number of halogens is 2. The minimum atomic E-state index is -3.14. The van der Waals surface area contributed by atoms with Gasteiger partial charge in [0.25, 0.3) is 0 Å². The molecule has 1 heterocycles. The molecule has 6 heteroatoms. The van der Waals surface area contributed by atoms with Gasteiger partial charge in [0.2, 0.25) is 0 Å². The average molecular weight is 326 g/mol. The van der Waals surface area contributed by atoms with E-state index in [1.165, 1.54) is 12.1 Å². The van der Waals surface area contributed by atoms with Gasteiger partial charge in [-0.2, -0.15) is 0 Å². The summed E-state index contributed by atoms with van der Waals surface area (Å²) < 4.78 is 37.1. The highest BCUT2D eigenvalue weighted by Crippen LogP contribution is 2.28. The molecule has 1 aliphatic rings. The van der Waals surface area contributed by atoms with Crippen LogP contribution in [0.25, 0.3) is 0 Å². The van der Waals surface area contributed by atoms with Gasteiger partial charge in [0.05, 0.1) is 15.7 Å². The van der Waals surface area contributed by atoms with Crippen LogP contribution in [0.4, 0.5) is 10.1 Å². The molecule has 0 aromatic heterocycles. The van der Waals surface area contributed by atoms with Crippen molar-refractivity contribution in [2.45, 2.75) is 17.9 Å². The maximum absolute atomic E-state index is 13.3. The molecule has 2 aromatic rings. The molecule has 2 aromatic carbocycles. The molecule has 0 unspecified atom stereocenters. The zero-order chi connectivity index (χ0) is 15.0. The number of sulfone groups is 1. The lowest BCUT2D eigenvalue weighted by atomic mass is 10.1. The molecule has 0 aliphatic carbocycles. The molecular weight excluding hydrogens is 313 g/mol. The summed E-state index contributed by atoms with van der Waals surface area (Å²) in [4.78, 5) is 0.398. The summed E-state index contributed by atoms with van der Waals surface area (Å²) in [6.07, 6.45) is 0.570. The van der Waals surface area contributed by atoms with E-state index in [0.717, 1.165) is 11.1 Å². The van der Waals surface area contributed by atoms with Crippen molar-refractivity contribution >= 4 is 27.1 Å². The van der Waals surface area contributed by atoms with Gasteiger partial charge < -0.3 is 5.32 Å². The summed E-state index contributed by atoms with van der Waals surface area (Å²) in [6.45, 7) is 0.396. The number of benzene rings is 2. The van der Waals surface area contributed by atoms with Crippen LogP contribution >= 0.6 is 11.6 Å². The zero-order valence-corrected chi connectivity index (χ0v) is 12.6. The second-order valence-corrected chi connectivity index (χ2v) is 7.48. The molecule has 3 rings (SSSR count). The van der Waals surface area contributed by atoms with Gasteiger partial charge in [-0.05, 0) is 41.8 Å². The smallest absolute Gasteiger partial charge is 0.179 e. The van der Waals surface area contributed by atoms with Crippen LogP contribution in [-0.2, 0) is 22.8 Å². The van der Waals surface area contributed by atoms with Gasteiger partial charge in [0, 0.05) is 12.2 Å². The molecule has 0 spiro atoms. The monoisotopic (exact) mass is 325 g/mol. The third-order valence-electron chi connectivity index (χ3n) is 3.52. The Morgan fingerprint density at radius 2 is 2.00 bits per heavy atom. The molecule has 0 amide bonds. The molecule has 1 N–H and O–H groups in total. The van der Waals surface area contributed by atoms with Crippen molar-refractivity contribution in [3.63, 3.8) is 0 Å². The maximum atomic E-state index is 13.3. The highest BCUT2D eigenvalue weighted by Gasteiger charge is 2.26. The van der Waals surface area contributed by atoms with Gasteiger partial charge in [0.1, 0.15) is 5.82 Å². The van der Waals surface area contributed by atoms with E-state index in [1.807, 2.05) is 12.1 Å². The summed E-state index contributed by atoms with van der Waals surface area (Å²) in [6, 6.07) is 9.89. The first-order chi connectivity index (χ1) is 9.95. The first kappa shape index (κ1) is 14.4. The van der Waals surface area contributed by atoms with Gasteiger partial charge >= 0.3 is 0 Å². The molecular formula is C15H13ClFNO2S. The molecule has 21 heavy (non-hydrogen) atoms. The van der Waals surface area contributed by atoms with Crippen LogP contribution in [0.2, 0.25) is 5.02 Å². The first-order valence-corrected chi connectivity index (χ1v) is 8.52. The molecule has 0 radical (unpaired) electrons. The minimum absolute atomic E-state index is 0.0855. The van der Waals surface area contributed by atoms with Crippen molar-refractivity contribution in [2.75, 3.05) is 11.1 Å². The van der Waals surface area contributed by atoms with Crippen LogP contribution in [0.3, 0.4) is 0 Å². The third kappa shape index (κ3) is 2.89. The molecule has 0 fully saturated rings. The fourth-order valence-corrected chi connectivity index (χ4v) is 4.07. The van der Waals surface area contributed by atoms with Crippen LogP contribution < -0.4 is 5.32 Å². The SMILES string of the molecule is O=S1(=O)CCc2ccc(NCc3ccc(Cl)c(F)c3)cc21. The van der Waals surface area contributed by atoms with Crippen molar-refractivity contribution in [1.29, 1.82) is 0 Å². The number of nitrogens with one attached hydrogen (secondary N) is 1. The largest absolute Gasteiger partial charge is 0.381 e. The summed E-state index contributed by atoms with van der Waals surface area (Å²) in [5.41, 5.74) is 2.30. The normalized spacial score (nSPS) is 15.7. The van der Waals surface area contributed by atoms with Crippen LogP contribution in [0.15, 0.2) is 41.3 Å². The lowest BCUT2D eigenvalue weighted by Crippen LogP contribution is -2.02. The predicted octanol–water partition coefficient (Wildman–Crippen LogP) is 3.42. The lowest BCUT2D eigenvalue weighted by Gasteiger charge is -2.09. The van der Waals surface area contributed by atoms with Gasteiger partial charge in [-0.3, -0.25) is 0 Å². The average Bonchev–Trinajstić information content (AvgIpc) is 2.76. The molecule has 0 bridgehead atoms. The highest BCUT2D eigenvalue weighted by atomic mass is 35.5. The number of hydrogen-bond acceptors (Lipinski definition) is 3. The van der Waals surface area contributed by atoms with Crippen molar-refractivity contribution in [2.24, 2.45) is 0 Å². The Labute approximate surface area is 127 Å². The Hall–Kier alpha value is -1.59. The van der Waals surface area contributed by atoms with E-state index in [4.69, 9.17) is 11.6 Å². The molecule has 0 saturated carbocycles. The van der Waals surface area contributed by atoms with E-state index in [-0.39, 0.29) is 10.8 Å². The summed E-state index contributed by atoms with van der Waals surface area (Å²) in [5, 5.41) is 3.19. The Morgan fingerprint density at radius 1 is 1.19 bits per heavy atom. The molecule has 3 nitrogen and oxygen atoms in total. The van der Waals surface area contributed by atoms with Crippen molar-refractivity contribution < 1.29 is 12.8 Å². The Morgan fingerprint density at radius 3 is 2.76 bits per heavy atom. The minimum Gasteiger partial charge on any atom is -0.381 e. The topological polar surface area (TPSA) is 46.2 Å². The first-order valence-electron chi connectivity index (χ1n) is 6.49. The third-order valence-corrected chi connectivity index (χ3v) is 5.62. The van der Waals surface area contributed by atoms with E-state index < -0.39 is 15.7 Å². The van der Waals surface area contributed by atoms with Crippen LogP contribution in [-0.4, -0.2) is 14.2 Å². The molecule has 1 aliphatic heterocycles. The van der Waals surface area contributed by atoms with E-state index >= 15 is 0 Å². The Bertz CT molecular complexity index is 805. The Kier molecular flexibility index (Phi) is 3.63. The standard InChI is InChI=1S/C15H13ClFNO2S/c16-13-4-1-10(7-14(13)17)9-18-12-3-2-11-5-6-21(19,20)15(11)8-12/h1-4,7-8,18H,5-6,9H2. The quantitative estimate of drug-likeness (QED) is 0.940. The number of aryl methyl sites for hydroxylation is 1. The number of fused-ring (bicyclic) bond motifs is 1. The summed E-state index contributed by atoms with van der Waals surface area (Å²) in [5.74, 6) is -0.290. The summed E-state index contributed by atoms with van der Waals surface area (Å²) >= 11 is 5.63. The number of rotatable bonds is 3. The van der Waals surface area contributed by atoms with Gasteiger partial charge in [-0.15, -0.1) is 0 Å². The van der Waals surface area contributed by atoms with E-state index in [0.29, 0.717) is 23.5 Å². The fraction of sp³-hybridized carbons (Fsp3) is 0.200. The second-order valence-electron chi connectivity index (χ2n) is 4.99. The summed E-state index contributed by atoms with van der Waals surface area (Å²) in [7, 11) is -3.14. The van der Waals surface area contributed by atoms with E-state index in [2.05, 4.69) is 5.32 Å². The molecule has 110 valence electrons. The molecule has 0 atom stereocenters. The second kappa shape index (κ2) is 5.31. The predicted molar refractivity (Wildman–Crippen MR) is 80.9 cm³/mol. The fourth-order valence-electron chi connectivity index (χ4n) is 2.37. The highest BCUT2D eigenvalue weighted by molar-refractivity contribution is 7.91. The van der Waals surface area contributed by atoms with Gasteiger partial charge in [0.15, 0.2) is 9.84 Å². The van der Waals surface area contributed by atoms with Crippen molar-refractivity contribution in [3.05, 3.63) is 58.4 Å². The lowest BCUT2D eigenvalue weighted by molar-refractivity contribution is 0.600. The van der Waals surface area contributed by atoms with Crippen LogP contribution in [0.5, 0.6) is 0 Å².